The molecule has 0 spiro atoms. The van der Waals surface area contributed by atoms with Crippen molar-refractivity contribution in [3.05, 3.63) is 57.0 Å². The van der Waals surface area contributed by atoms with Crippen molar-refractivity contribution < 1.29 is 0 Å². The van der Waals surface area contributed by atoms with Crippen molar-refractivity contribution >= 4 is 11.1 Å². The highest BCUT2D eigenvalue weighted by atomic mass is 16.2. The second-order valence-corrected chi connectivity index (χ2v) is 6.79. The largest absolute Gasteiger partial charge is 0.325 e. The Morgan fingerprint density at radius 3 is 2.79 bits per heavy atom. The second-order valence-electron chi connectivity index (χ2n) is 6.79. The molecule has 0 radical (unpaired) electrons. The highest BCUT2D eigenvalue weighted by Gasteiger charge is 2.25. The third-order valence-electron chi connectivity index (χ3n) is 4.43. The Bertz CT molecular complexity index is 1080. The van der Waals surface area contributed by atoms with Crippen LogP contribution in [0.4, 0.5) is 0 Å². The SMILES string of the molecule is CC1(C)C=C(c2cc(-c3c[nH]c(=O)[nH]c3=O)nn3nccc23)CC1. The van der Waals surface area contributed by atoms with Crippen molar-refractivity contribution in [1.29, 1.82) is 0 Å². The smallest absolute Gasteiger partial charge is 0.313 e. The normalized spacial score (nSPS) is 16.5. The van der Waals surface area contributed by atoms with Crippen molar-refractivity contribution in [3.8, 4) is 11.3 Å². The zero-order chi connectivity index (χ0) is 16.9. The molecule has 0 unspecified atom stereocenters. The Morgan fingerprint density at radius 1 is 1.25 bits per heavy atom. The number of hydrogen-bond donors (Lipinski definition) is 2. The average Bonchev–Trinajstić information content (AvgIpc) is 3.12. The lowest BCUT2D eigenvalue weighted by molar-refractivity contribution is 0.471. The van der Waals surface area contributed by atoms with E-state index in [-0.39, 0.29) is 5.41 Å². The summed E-state index contributed by atoms with van der Waals surface area (Å²) in [6.07, 6.45) is 7.40. The quantitative estimate of drug-likeness (QED) is 0.753. The van der Waals surface area contributed by atoms with Gasteiger partial charge in [0.2, 0.25) is 0 Å². The molecule has 0 bridgehead atoms. The average molecular weight is 323 g/mol. The molecule has 7 heteroatoms. The van der Waals surface area contributed by atoms with E-state index in [9.17, 15) is 9.59 Å². The fraction of sp³-hybridized carbons (Fsp3) is 0.294. The maximum atomic E-state index is 12.1. The summed E-state index contributed by atoms with van der Waals surface area (Å²) in [7, 11) is 0. The van der Waals surface area contributed by atoms with Gasteiger partial charge in [0.05, 0.1) is 17.3 Å². The van der Waals surface area contributed by atoms with E-state index in [2.05, 4.69) is 40.1 Å². The lowest BCUT2D eigenvalue weighted by atomic mass is 9.94. The molecule has 0 saturated heterocycles. The highest BCUT2D eigenvalue weighted by Crippen LogP contribution is 2.41. The Hall–Kier alpha value is -2.96. The lowest BCUT2D eigenvalue weighted by Gasteiger charge is -2.11. The van der Waals surface area contributed by atoms with Gasteiger partial charge >= 0.3 is 5.69 Å². The third kappa shape index (κ3) is 2.38. The van der Waals surface area contributed by atoms with E-state index in [1.165, 1.54) is 16.4 Å². The maximum absolute atomic E-state index is 12.1. The molecule has 1 aliphatic carbocycles. The minimum atomic E-state index is -0.538. The van der Waals surface area contributed by atoms with Gasteiger partial charge < -0.3 is 4.98 Å². The van der Waals surface area contributed by atoms with E-state index < -0.39 is 11.2 Å². The minimum Gasteiger partial charge on any atom is -0.313 e. The van der Waals surface area contributed by atoms with E-state index in [4.69, 9.17) is 0 Å². The number of nitrogens with zero attached hydrogens (tertiary/aromatic N) is 3. The van der Waals surface area contributed by atoms with Gasteiger partial charge in [-0.3, -0.25) is 9.78 Å². The molecule has 3 aromatic rings. The number of H-pyrrole nitrogens is 2. The molecule has 2 N–H and O–H groups in total. The molecular weight excluding hydrogens is 306 g/mol. The van der Waals surface area contributed by atoms with Crippen molar-refractivity contribution in [1.82, 2.24) is 24.8 Å². The molecule has 24 heavy (non-hydrogen) atoms. The molecule has 0 atom stereocenters. The molecular formula is C17H17N5O2. The number of hydrogen-bond acceptors (Lipinski definition) is 4. The van der Waals surface area contributed by atoms with Gasteiger partial charge in [-0.05, 0) is 36.0 Å². The summed E-state index contributed by atoms with van der Waals surface area (Å²) in [5.74, 6) is 0. The van der Waals surface area contributed by atoms with Crippen molar-refractivity contribution in [2.75, 3.05) is 0 Å². The Balaban J connectivity index is 1.96. The fourth-order valence-corrected chi connectivity index (χ4v) is 3.19. The van der Waals surface area contributed by atoms with Crippen LogP contribution in [-0.4, -0.2) is 24.8 Å². The first-order chi connectivity index (χ1) is 11.4. The number of aromatic nitrogens is 5. The van der Waals surface area contributed by atoms with Crippen molar-refractivity contribution in [2.45, 2.75) is 26.7 Å². The van der Waals surface area contributed by atoms with Crippen LogP contribution in [0.3, 0.4) is 0 Å². The van der Waals surface area contributed by atoms with Gasteiger partial charge in [0.15, 0.2) is 0 Å². The molecule has 0 fully saturated rings. The van der Waals surface area contributed by atoms with Crippen LogP contribution in [0.2, 0.25) is 0 Å². The summed E-state index contributed by atoms with van der Waals surface area (Å²) < 4.78 is 1.53. The van der Waals surface area contributed by atoms with Crippen molar-refractivity contribution in [2.24, 2.45) is 5.41 Å². The minimum absolute atomic E-state index is 0.158. The van der Waals surface area contributed by atoms with E-state index in [1.54, 1.807) is 6.20 Å². The van der Waals surface area contributed by atoms with Gasteiger partial charge in [0.1, 0.15) is 5.69 Å². The van der Waals surface area contributed by atoms with Crippen LogP contribution >= 0.6 is 0 Å². The standard InChI is InChI=1S/C17H17N5O2/c1-17(2)5-3-10(8-17)11-7-13(21-22-14(11)4-6-19-22)12-9-18-16(24)20-15(12)23/h4,6-9H,3,5H2,1-2H3,(H2,18,20,23,24). The molecule has 1 aliphatic rings. The predicted molar refractivity (Wildman–Crippen MR) is 90.7 cm³/mol. The molecule has 4 rings (SSSR count). The van der Waals surface area contributed by atoms with Crippen LogP contribution in [0, 0.1) is 5.41 Å². The Kier molecular flexibility index (Phi) is 3.06. The third-order valence-corrected chi connectivity index (χ3v) is 4.43. The molecule has 3 heterocycles. The molecule has 0 amide bonds. The molecule has 7 nitrogen and oxygen atoms in total. The van der Waals surface area contributed by atoms with Gasteiger partial charge in [-0.2, -0.15) is 9.73 Å². The highest BCUT2D eigenvalue weighted by molar-refractivity contribution is 5.81. The van der Waals surface area contributed by atoms with Crippen molar-refractivity contribution in [3.63, 3.8) is 0 Å². The first kappa shape index (κ1) is 14.6. The number of rotatable bonds is 2. The van der Waals surface area contributed by atoms with Gasteiger partial charge in [0, 0.05) is 11.8 Å². The number of fused-ring (bicyclic) bond motifs is 1. The van der Waals surface area contributed by atoms with E-state index in [1.807, 2.05) is 12.1 Å². The van der Waals surface area contributed by atoms with Gasteiger partial charge in [-0.25, -0.2) is 4.79 Å². The number of allylic oxidation sites excluding steroid dienone is 2. The number of aromatic amines is 2. The molecule has 122 valence electrons. The molecule has 3 aromatic heterocycles. The molecule has 0 aliphatic heterocycles. The Labute approximate surface area is 137 Å². The van der Waals surface area contributed by atoms with Gasteiger partial charge in [0.25, 0.3) is 5.56 Å². The maximum Gasteiger partial charge on any atom is 0.325 e. The van der Waals surface area contributed by atoms with Crippen LogP contribution in [0.5, 0.6) is 0 Å². The summed E-state index contributed by atoms with van der Waals surface area (Å²) in [6.45, 7) is 4.42. The van der Waals surface area contributed by atoms with Gasteiger partial charge in [-0.15, -0.1) is 5.10 Å². The monoisotopic (exact) mass is 323 g/mol. The summed E-state index contributed by atoms with van der Waals surface area (Å²) in [5, 5.41) is 8.62. The summed E-state index contributed by atoms with van der Waals surface area (Å²) in [6, 6.07) is 3.81. The van der Waals surface area contributed by atoms with Crippen LogP contribution in [0.1, 0.15) is 32.3 Å². The lowest BCUT2D eigenvalue weighted by Crippen LogP contribution is -2.23. The first-order valence-electron chi connectivity index (χ1n) is 7.82. The zero-order valence-corrected chi connectivity index (χ0v) is 13.5. The summed E-state index contributed by atoms with van der Waals surface area (Å²) in [4.78, 5) is 28.0. The predicted octanol–water partition coefficient (Wildman–Crippen LogP) is 1.98. The first-order valence-corrected chi connectivity index (χ1v) is 7.82. The summed E-state index contributed by atoms with van der Waals surface area (Å²) >= 11 is 0. The molecule has 0 saturated carbocycles. The van der Waals surface area contributed by atoms with Crippen LogP contribution in [0.25, 0.3) is 22.3 Å². The van der Waals surface area contributed by atoms with E-state index in [0.29, 0.717) is 11.3 Å². The number of nitrogens with one attached hydrogen (secondary N) is 2. The fourth-order valence-electron chi connectivity index (χ4n) is 3.19. The zero-order valence-electron chi connectivity index (χ0n) is 13.5. The molecule has 0 aromatic carbocycles. The second kappa shape index (κ2) is 5.02. The Morgan fingerprint density at radius 2 is 2.08 bits per heavy atom. The summed E-state index contributed by atoms with van der Waals surface area (Å²) in [5.41, 5.74) is 3.10. The van der Waals surface area contributed by atoms with E-state index >= 15 is 0 Å². The van der Waals surface area contributed by atoms with Crippen LogP contribution in [0.15, 0.2) is 40.2 Å². The van der Waals surface area contributed by atoms with Crippen LogP contribution in [-0.2, 0) is 0 Å². The van der Waals surface area contributed by atoms with Crippen LogP contribution < -0.4 is 11.2 Å². The van der Waals surface area contributed by atoms with Gasteiger partial charge in [-0.1, -0.05) is 19.9 Å². The topological polar surface area (TPSA) is 95.9 Å². The van der Waals surface area contributed by atoms with E-state index in [0.717, 1.165) is 23.9 Å².